The van der Waals surface area contributed by atoms with Crippen molar-refractivity contribution in [1.82, 2.24) is 0 Å². The normalized spacial score (nSPS) is 21.3. The highest BCUT2D eigenvalue weighted by atomic mass is 32.2. The number of alkyl halides is 6. The molecule has 11 heteroatoms. The van der Waals surface area contributed by atoms with Gasteiger partial charge in [0, 0.05) is 10.8 Å². The first-order valence-electron chi connectivity index (χ1n) is 8.44. The molecule has 0 aromatic heterocycles. The number of nitrogens with one attached hydrogen (secondary N) is 1. The van der Waals surface area contributed by atoms with Crippen LogP contribution in [0.5, 0.6) is 0 Å². The van der Waals surface area contributed by atoms with Gasteiger partial charge >= 0.3 is 18.3 Å². The van der Waals surface area contributed by atoms with Gasteiger partial charge in [0.25, 0.3) is 5.60 Å². The van der Waals surface area contributed by atoms with Crippen molar-refractivity contribution in [3.63, 3.8) is 0 Å². The van der Waals surface area contributed by atoms with Crippen LogP contribution in [-0.2, 0) is 15.2 Å². The van der Waals surface area contributed by atoms with E-state index in [1.807, 2.05) is 6.92 Å². The van der Waals surface area contributed by atoms with Crippen LogP contribution in [-0.4, -0.2) is 34.4 Å². The molecule has 2 rings (SSSR count). The molecule has 1 aliphatic heterocycles. The third-order valence-electron chi connectivity index (χ3n) is 4.55. The molecule has 1 fully saturated rings. The minimum atomic E-state index is -5.96. The predicted octanol–water partition coefficient (Wildman–Crippen LogP) is 4.79. The summed E-state index contributed by atoms with van der Waals surface area (Å²) in [6, 6.07) is 2.66. The quantitative estimate of drug-likeness (QED) is 0.519. The molecule has 1 aliphatic rings. The van der Waals surface area contributed by atoms with Gasteiger partial charge in [0.2, 0.25) is 0 Å². The van der Waals surface area contributed by atoms with Gasteiger partial charge in [0.15, 0.2) is 0 Å². The van der Waals surface area contributed by atoms with Crippen molar-refractivity contribution in [3.05, 3.63) is 29.8 Å². The molecular weight excluding hydrogens is 412 g/mol. The topological polar surface area (TPSA) is 58.6 Å². The van der Waals surface area contributed by atoms with Crippen molar-refractivity contribution in [1.29, 1.82) is 0 Å². The van der Waals surface area contributed by atoms with E-state index in [2.05, 4.69) is 5.48 Å². The van der Waals surface area contributed by atoms with Crippen LogP contribution in [0.15, 0.2) is 24.3 Å². The Hall–Kier alpha value is -1.62. The minimum Gasteiger partial charge on any atom is -0.369 e. The molecule has 1 aromatic rings. The summed E-state index contributed by atoms with van der Waals surface area (Å²) in [6.45, 7) is 2.01. The highest BCUT2D eigenvalue weighted by molar-refractivity contribution is 7.99. The molecule has 0 aliphatic carbocycles. The number of benzene rings is 1. The monoisotopic (exact) mass is 431 g/mol. The van der Waals surface area contributed by atoms with E-state index in [1.54, 1.807) is 11.8 Å². The molecule has 2 unspecified atom stereocenters. The molecule has 0 bridgehead atoms. The number of anilines is 1. The molecule has 0 amide bonds. The highest BCUT2D eigenvalue weighted by Crippen LogP contribution is 2.50. The summed E-state index contributed by atoms with van der Waals surface area (Å²) in [6.07, 6.45) is -9.73. The molecule has 28 heavy (non-hydrogen) atoms. The Balaban J connectivity index is 2.05. The Bertz CT molecular complexity index is 663. The molecule has 0 radical (unpaired) electrons. The maximum Gasteiger partial charge on any atom is 0.430 e. The predicted molar refractivity (Wildman–Crippen MR) is 91.4 cm³/mol. The first-order valence-corrected chi connectivity index (χ1v) is 9.49. The molecule has 4 nitrogen and oxygen atoms in total. The van der Waals surface area contributed by atoms with Crippen LogP contribution in [0.3, 0.4) is 0 Å². The number of carbonyl (C=O) groups is 1. The lowest BCUT2D eigenvalue weighted by molar-refractivity contribution is -0.376. The average molecular weight is 431 g/mol. The zero-order valence-electron chi connectivity index (χ0n) is 14.7. The Morgan fingerprint density at radius 1 is 1.18 bits per heavy atom. The maximum atomic E-state index is 12.9. The van der Waals surface area contributed by atoms with Gasteiger partial charge < -0.3 is 9.94 Å². The van der Waals surface area contributed by atoms with Crippen LogP contribution in [0, 0.1) is 5.92 Å². The maximum absolute atomic E-state index is 12.9. The lowest BCUT2D eigenvalue weighted by Crippen LogP contribution is -2.53. The first kappa shape index (κ1) is 22.7. The van der Waals surface area contributed by atoms with E-state index in [1.165, 1.54) is 0 Å². The fraction of sp³-hybridized carbons (Fsp3) is 0.588. The largest absolute Gasteiger partial charge is 0.430 e. The highest BCUT2D eigenvalue weighted by Gasteiger charge is 2.71. The molecule has 1 aromatic carbocycles. The van der Waals surface area contributed by atoms with E-state index in [0.717, 1.165) is 24.3 Å². The van der Waals surface area contributed by atoms with Gasteiger partial charge in [-0.25, -0.2) is 10.3 Å². The first-order chi connectivity index (χ1) is 12.9. The van der Waals surface area contributed by atoms with Crippen molar-refractivity contribution >= 4 is 23.4 Å². The number of halogens is 6. The third-order valence-corrected chi connectivity index (χ3v) is 6.02. The molecule has 0 spiro atoms. The Labute approximate surface area is 161 Å². The fourth-order valence-corrected chi connectivity index (χ4v) is 4.20. The van der Waals surface area contributed by atoms with Crippen molar-refractivity contribution in [2.75, 3.05) is 11.2 Å². The van der Waals surface area contributed by atoms with Gasteiger partial charge in [-0.15, -0.1) is 0 Å². The van der Waals surface area contributed by atoms with Crippen LogP contribution in [0.1, 0.15) is 31.7 Å². The summed E-state index contributed by atoms with van der Waals surface area (Å²) in [5, 5.41) is 9.67. The van der Waals surface area contributed by atoms with Crippen LogP contribution in [0.25, 0.3) is 0 Å². The molecular formula is C17H19F6NO3S. The molecule has 0 saturated carbocycles. The standard InChI is InChI=1S/C17H19F6NO3S/c1-2-13-9-10(7-8-28-13)14(25)27-24-12-5-3-11(4-6-12)15(26,16(18,19)20)17(21,22)23/h3-6,10,13,24,26H,2,7-9H2,1H3. The SMILES string of the molecule is CCC1CC(C(=O)ONc2ccc(C(O)(C(F)(F)F)C(F)(F)F)cc2)CCS1. The molecule has 1 heterocycles. The second kappa shape index (κ2) is 8.40. The fourth-order valence-electron chi connectivity index (χ4n) is 2.84. The smallest absolute Gasteiger partial charge is 0.369 e. The zero-order chi connectivity index (χ0) is 21.2. The van der Waals surface area contributed by atoms with E-state index in [-0.39, 0.29) is 11.6 Å². The van der Waals surface area contributed by atoms with Crippen molar-refractivity contribution in [2.45, 2.75) is 49.4 Å². The zero-order valence-corrected chi connectivity index (χ0v) is 15.5. The average Bonchev–Trinajstić information content (AvgIpc) is 2.64. The number of rotatable bonds is 5. The van der Waals surface area contributed by atoms with Gasteiger partial charge in [-0.1, -0.05) is 19.1 Å². The molecule has 2 atom stereocenters. The van der Waals surface area contributed by atoms with Gasteiger partial charge in [0.1, 0.15) is 0 Å². The van der Waals surface area contributed by atoms with E-state index >= 15 is 0 Å². The number of hydrogen-bond acceptors (Lipinski definition) is 5. The molecule has 2 N–H and O–H groups in total. The van der Waals surface area contributed by atoms with E-state index in [4.69, 9.17) is 4.84 Å². The van der Waals surface area contributed by atoms with Gasteiger partial charge in [-0.3, -0.25) is 0 Å². The van der Waals surface area contributed by atoms with Gasteiger partial charge in [0.05, 0.1) is 11.6 Å². The Kier molecular flexibility index (Phi) is 6.80. The lowest BCUT2D eigenvalue weighted by Gasteiger charge is -2.32. The van der Waals surface area contributed by atoms with E-state index in [9.17, 15) is 36.2 Å². The van der Waals surface area contributed by atoms with Crippen LogP contribution in [0.4, 0.5) is 32.0 Å². The van der Waals surface area contributed by atoms with E-state index < -0.39 is 29.5 Å². The van der Waals surface area contributed by atoms with Gasteiger partial charge in [-0.2, -0.15) is 38.1 Å². The third kappa shape index (κ3) is 4.68. The number of aliphatic hydroxyl groups is 1. The summed E-state index contributed by atoms with van der Waals surface area (Å²) in [4.78, 5) is 17.0. The van der Waals surface area contributed by atoms with Gasteiger partial charge in [-0.05, 0) is 37.1 Å². The van der Waals surface area contributed by atoms with Crippen LogP contribution >= 0.6 is 11.8 Å². The lowest BCUT2D eigenvalue weighted by atomic mass is 9.92. The summed E-state index contributed by atoms with van der Waals surface area (Å²) in [7, 11) is 0. The van der Waals surface area contributed by atoms with E-state index in [0.29, 0.717) is 30.2 Å². The van der Waals surface area contributed by atoms with Crippen molar-refractivity contribution in [2.24, 2.45) is 5.92 Å². The van der Waals surface area contributed by atoms with Crippen LogP contribution in [0.2, 0.25) is 0 Å². The Morgan fingerprint density at radius 2 is 1.75 bits per heavy atom. The number of hydrogen-bond donors (Lipinski definition) is 2. The minimum absolute atomic E-state index is 0.0268. The van der Waals surface area contributed by atoms with Crippen LogP contribution < -0.4 is 5.48 Å². The number of carbonyl (C=O) groups excluding carboxylic acids is 1. The second-order valence-electron chi connectivity index (χ2n) is 6.43. The summed E-state index contributed by atoms with van der Waals surface area (Å²) in [5.74, 6) is -0.0519. The Morgan fingerprint density at radius 3 is 2.25 bits per heavy atom. The second-order valence-corrected chi connectivity index (χ2v) is 7.84. The molecule has 158 valence electrons. The summed E-state index contributed by atoms with van der Waals surface area (Å²) < 4.78 is 77.1. The number of thioether (sulfide) groups is 1. The van der Waals surface area contributed by atoms with Crippen molar-refractivity contribution < 1.29 is 41.1 Å². The van der Waals surface area contributed by atoms with Crippen molar-refractivity contribution in [3.8, 4) is 0 Å². The summed E-state index contributed by atoms with van der Waals surface area (Å²) in [5.41, 5.74) is -4.18. The summed E-state index contributed by atoms with van der Waals surface area (Å²) >= 11 is 1.77. The molecule has 1 saturated heterocycles.